The predicted molar refractivity (Wildman–Crippen MR) is 143 cm³/mol. The number of para-hydroxylation sites is 1. The first-order chi connectivity index (χ1) is 16.6. The van der Waals surface area contributed by atoms with Crippen molar-refractivity contribution in [3.8, 4) is 10.6 Å². The SMILES string of the molecule is Cc1ccc(Cl)cc1NC(=O)NCc1c(-c2cccs2)n(Cc2ccccc2)c2ccccc12. The normalized spacial score (nSPS) is 11.0. The van der Waals surface area contributed by atoms with E-state index in [2.05, 4.69) is 75.2 Å². The Morgan fingerprint density at radius 3 is 2.56 bits per heavy atom. The number of hydrogen-bond donors (Lipinski definition) is 2. The van der Waals surface area contributed by atoms with E-state index in [-0.39, 0.29) is 6.03 Å². The van der Waals surface area contributed by atoms with E-state index in [9.17, 15) is 4.79 Å². The van der Waals surface area contributed by atoms with Crippen molar-refractivity contribution in [2.75, 3.05) is 5.32 Å². The zero-order chi connectivity index (χ0) is 23.5. The zero-order valence-corrected chi connectivity index (χ0v) is 20.3. The van der Waals surface area contributed by atoms with Crippen molar-refractivity contribution in [1.82, 2.24) is 9.88 Å². The number of aromatic nitrogens is 1. The van der Waals surface area contributed by atoms with Gasteiger partial charge >= 0.3 is 6.03 Å². The number of benzene rings is 3. The molecule has 0 aliphatic heterocycles. The maximum absolute atomic E-state index is 12.8. The van der Waals surface area contributed by atoms with Crippen molar-refractivity contribution in [2.24, 2.45) is 0 Å². The summed E-state index contributed by atoms with van der Waals surface area (Å²) in [5.74, 6) is 0. The summed E-state index contributed by atoms with van der Waals surface area (Å²) < 4.78 is 2.35. The van der Waals surface area contributed by atoms with Crippen LogP contribution in [-0.2, 0) is 13.1 Å². The number of hydrogen-bond acceptors (Lipinski definition) is 2. The third-order valence-corrected chi connectivity index (χ3v) is 7.00. The molecule has 0 saturated carbocycles. The molecule has 0 fully saturated rings. The molecule has 0 unspecified atom stereocenters. The maximum Gasteiger partial charge on any atom is 0.319 e. The number of halogens is 1. The van der Waals surface area contributed by atoms with Crippen LogP contribution in [0, 0.1) is 6.92 Å². The first-order valence-corrected chi connectivity index (χ1v) is 12.3. The highest BCUT2D eigenvalue weighted by Gasteiger charge is 2.20. The van der Waals surface area contributed by atoms with Gasteiger partial charge in [-0.25, -0.2) is 4.79 Å². The summed E-state index contributed by atoms with van der Waals surface area (Å²) in [6.45, 7) is 3.10. The third kappa shape index (κ3) is 4.58. The van der Waals surface area contributed by atoms with Crippen LogP contribution in [0.2, 0.25) is 5.02 Å². The van der Waals surface area contributed by atoms with Crippen molar-refractivity contribution in [2.45, 2.75) is 20.0 Å². The number of urea groups is 1. The van der Waals surface area contributed by atoms with Gasteiger partial charge in [0.25, 0.3) is 0 Å². The van der Waals surface area contributed by atoms with Crippen molar-refractivity contribution in [3.63, 3.8) is 0 Å². The molecule has 0 radical (unpaired) electrons. The number of thiophene rings is 1. The largest absolute Gasteiger partial charge is 0.335 e. The summed E-state index contributed by atoms with van der Waals surface area (Å²) in [6, 6.07) is 28.3. The number of nitrogens with one attached hydrogen (secondary N) is 2. The molecule has 2 aromatic heterocycles. The Kier molecular flexibility index (Phi) is 6.39. The minimum atomic E-state index is -0.262. The van der Waals surface area contributed by atoms with E-state index in [0.29, 0.717) is 17.3 Å². The average Bonchev–Trinajstić information content (AvgIpc) is 3.47. The van der Waals surface area contributed by atoms with Crippen molar-refractivity contribution < 1.29 is 4.79 Å². The van der Waals surface area contributed by atoms with Gasteiger partial charge in [-0.2, -0.15) is 0 Å². The van der Waals surface area contributed by atoms with Gasteiger partial charge in [0, 0.05) is 40.3 Å². The Hall–Kier alpha value is -3.54. The van der Waals surface area contributed by atoms with E-state index in [1.165, 1.54) is 10.4 Å². The van der Waals surface area contributed by atoms with Gasteiger partial charge < -0.3 is 15.2 Å². The Bertz CT molecular complexity index is 1440. The van der Waals surface area contributed by atoms with Gasteiger partial charge in [-0.15, -0.1) is 11.3 Å². The summed E-state index contributed by atoms with van der Waals surface area (Å²) in [5, 5.41) is 9.81. The second-order valence-electron chi connectivity index (χ2n) is 8.16. The number of amides is 2. The Morgan fingerprint density at radius 1 is 0.971 bits per heavy atom. The molecule has 0 saturated heterocycles. The summed E-state index contributed by atoms with van der Waals surface area (Å²) in [7, 11) is 0. The third-order valence-electron chi connectivity index (χ3n) is 5.89. The van der Waals surface area contributed by atoms with E-state index in [1.807, 2.05) is 31.2 Å². The molecule has 2 N–H and O–H groups in total. The lowest BCUT2D eigenvalue weighted by Gasteiger charge is -2.13. The second-order valence-corrected chi connectivity index (χ2v) is 9.54. The monoisotopic (exact) mass is 485 g/mol. The molecule has 0 aliphatic rings. The zero-order valence-electron chi connectivity index (χ0n) is 18.7. The van der Waals surface area contributed by atoms with Gasteiger partial charge in [-0.05, 0) is 47.7 Å². The van der Waals surface area contributed by atoms with Gasteiger partial charge in [0.2, 0.25) is 0 Å². The lowest BCUT2D eigenvalue weighted by Crippen LogP contribution is -2.28. The van der Waals surface area contributed by atoms with Crippen LogP contribution in [-0.4, -0.2) is 10.6 Å². The smallest absolute Gasteiger partial charge is 0.319 e. The van der Waals surface area contributed by atoms with Gasteiger partial charge in [-0.1, -0.05) is 72.3 Å². The van der Waals surface area contributed by atoms with Crippen LogP contribution >= 0.6 is 22.9 Å². The highest BCUT2D eigenvalue weighted by molar-refractivity contribution is 7.13. The number of carbonyl (C=O) groups is 1. The molecule has 0 atom stereocenters. The van der Waals surface area contributed by atoms with Crippen LogP contribution in [0.15, 0.2) is 90.3 Å². The molecule has 3 aromatic carbocycles. The Morgan fingerprint density at radius 2 is 1.76 bits per heavy atom. The Labute approximate surface area is 207 Å². The van der Waals surface area contributed by atoms with Crippen molar-refractivity contribution in [1.29, 1.82) is 0 Å². The summed E-state index contributed by atoms with van der Waals surface area (Å²) in [4.78, 5) is 14.0. The average molecular weight is 486 g/mol. The van der Waals surface area contributed by atoms with Crippen LogP contribution in [0.1, 0.15) is 16.7 Å². The lowest BCUT2D eigenvalue weighted by molar-refractivity contribution is 0.252. The van der Waals surface area contributed by atoms with E-state index in [4.69, 9.17) is 11.6 Å². The van der Waals surface area contributed by atoms with Crippen molar-refractivity contribution in [3.05, 3.63) is 112 Å². The molecule has 2 heterocycles. The number of carbonyl (C=O) groups excluding carboxylic acids is 1. The number of nitrogens with zero attached hydrogens (tertiary/aromatic N) is 1. The molecule has 5 aromatic rings. The summed E-state index contributed by atoms with van der Waals surface area (Å²) in [5.41, 5.74) is 6.28. The number of rotatable bonds is 6. The van der Waals surface area contributed by atoms with Gasteiger partial charge in [0.1, 0.15) is 0 Å². The number of fused-ring (bicyclic) bond motifs is 1. The molecule has 0 bridgehead atoms. The quantitative estimate of drug-likeness (QED) is 0.254. The van der Waals surface area contributed by atoms with Crippen LogP contribution in [0.25, 0.3) is 21.5 Å². The molecule has 0 spiro atoms. The standard InChI is InChI=1S/C28H24ClN3OS/c1-19-13-14-21(29)16-24(19)31-28(33)30-17-23-22-10-5-6-11-25(22)32(18-20-8-3-2-4-9-20)27(23)26-12-7-15-34-26/h2-16H,17-18H2,1H3,(H2,30,31,33). The number of anilines is 1. The summed E-state index contributed by atoms with van der Waals surface area (Å²) >= 11 is 7.82. The molecule has 4 nitrogen and oxygen atoms in total. The topological polar surface area (TPSA) is 46.1 Å². The van der Waals surface area contributed by atoms with Gasteiger partial charge in [-0.3, -0.25) is 0 Å². The van der Waals surface area contributed by atoms with Crippen molar-refractivity contribution >= 4 is 45.6 Å². The number of aryl methyl sites for hydroxylation is 1. The summed E-state index contributed by atoms with van der Waals surface area (Å²) in [6.07, 6.45) is 0. The Balaban J connectivity index is 1.51. The molecule has 2 amide bonds. The van der Waals surface area contributed by atoms with E-state index >= 15 is 0 Å². The van der Waals surface area contributed by atoms with Gasteiger partial charge in [0.05, 0.1) is 10.6 Å². The maximum atomic E-state index is 12.8. The van der Waals surface area contributed by atoms with Crippen LogP contribution < -0.4 is 10.6 Å². The first kappa shape index (κ1) is 22.3. The molecule has 34 heavy (non-hydrogen) atoms. The second kappa shape index (κ2) is 9.75. The van der Waals surface area contributed by atoms with E-state index in [1.54, 1.807) is 17.4 Å². The molecule has 170 valence electrons. The highest BCUT2D eigenvalue weighted by atomic mass is 35.5. The van der Waals surface area contributed by atoms with Gasteiger partial charge in [0.15, 0.2) is 0 Å². The predicted octanol–water partition coefficient (Wildman–Crippen LogP) is 7.70. The molecule has 5 rings (SSSR count). The molecular formula is C28H24ClN3OS. The van der Waals surface area contributed by atoms with Crippen LogP contribution in [0.4, 0.5) is 10.5 Å². The minimum Gasteiger partial charge on any atom is -0.335 e. The molecule has 6 heteroatoms. The molecular weight excluding hydrogens is 462 g/mol. The van der Waals surface area contributed by atoms with E-state index in [0.717, 1.165) is 34.3 Å². The fraction of sp³-hybridized carbons (Fsp3) is 0.107. The first-order valence-electron chi connectivity index (χ1n) is 11.1. The minimum absolute atomic E-state index is 0.262. The van der Waals surface area contributed by atoms with Crippen LogP contribution in [0.3, 0.4) is 0 Å². The van der Waals surface area contributed by atoms with E-state index < -0.39 is 0 Å². The highest BCUT2D eigenvalue weighted by Crippen LogP contribution is 2.37. The van der Waals surface area contributed by atoms with Crippen LogP contribution in [0.5, 0.6) is 0 Å². The fourth-order valence-corrected chi connectivity index (χ4v) is 5.22. The lowest BCUT2D eigenvalue weighted by atomic mass is 10.1. The molecule has 0 aliphatic carbocycles. The fourth-order valence-electron chi connectivity index (χ4n) is 4.24.